The summed E-state index contributed by atoms with van der Waals surface area (Å²) in [5.74, 6) is 0. The summed E-state index contributed by atoms with van der Waals surface area (Å²) in [6.07, 6.45) is 3.75. The highest BCUT2D eigenvalue weighted by atomic mass is 127. The van der Waals surface area contributed by atoms with Crippen LogP contribution in [0.15, 0.2) is 36.7 Å². The van der Waals surface area contributed by atoms with Gasteiger partial charge in [-0.25, -0.2) is 9.97 Å². The second kappa shape index (κ2) is 4.51. The van der Waals surface area contributed by atoms with Crippen molar-refractivity contribution in [3.8, 4) is 11.3 Å². The minimum atomic E-state index is 0.273. The molecule has 0 N–H and O–H groups in total. The number of aryl methyl sites for hydroxylation is 1. The van der Waals surface area contributed by atoms with Gasteiger partial charge in [-0.3, -0.25) is 0 Å². The van der Waals surface area contributed by atoms with Gasteiger partial charge in [-0.1, -0.05) is 6.07 Å². The van der Waals surface area contributed by atoms with Gasteiger partial charge in [0.2, 0.25) is 5.28 Å². The van der Waals surface area contributed by atoms with E-state index in [0.29, 0.717) is 0 Å². The molecule has 0 atom stereocenters. The van der Waals surface area contributed by atoms with Crippen LogP contribution in [0.5, 0.6) is 0 Å². The Hall–Kier alpha value is -1.14. The van der Waals surface area contributed by atoms with Gasteiger partial charge in [-0.2, -0.15) is 0 Å². The van der Waals surface area contributed by atoms with E-state index in [0.717, 1.165) is 11.3 Å². The van der Waals surface area contributed by atoms with Crippen molar-refractivity contribution in [2.24, 2.45) is 7.05 Å². The molecule has 0 spiro atoms. The van der Waals surface area contributed by atoms with E-state index in [9.17, 15) is 0 Å². The summed E-state index contributed by atoms with van der Waals surface area (Å²) in [6, 6.07) is 8.23. The lowest BCUT2D eigenvalue weighted by atomic mass is 10.1. The van der Waals surface area contributed by atoms with Crippen molar-refractivity contribution in [2.45, 2.75) is 0 Å². The van der Waals surface area contributed by atoms with E-state index >= 15 is 0 Å². The molecule has 3 aromatic rings. The number of nitrogens with zero attached hydrogens (tertiary/aromatic N) is 3. The molecule has 5 heteroatoms. The van der Waals surface area contributed by atoms with Crippen molar-refractivity contribution in [2.75, 3.05) is 0 Å². The summed E-state index contributed by atoms with van der Waals surface area (Å²) in [4.78, 5) is 8.18. The van der Waals surface area contributed by atoms with E-state index in [2.05, 4.69) is 61.5 Å². The van der Waals surface area contributed by atoms with Gasteiger partial charge in [-0.05, 0) is 52.4 Å². The van der Waals surface area contributed by atoms with Crippen molar-refractivity contribution in [1.82, 2.24) is 14.5 Å². The lowest BCUT2D eigenvalue weighted by molar-refractivity contribution is 0.968. The summed E-state index contributed by atoms with van der Waals surface area (Å²) in [6.45, 7) is 0. The van der Waals surface area contributed by atoms with Crippen LogP contribution in [0, 0.1) is 3.57 Å². The fourth-order valence-corrected chi connectivity index (χ4v) is 2.67. The van der Waals surface area contributed by atoms with Crippen molar-refractivity contribution in [3.63, 3.8) is 0 Å². The Labute approximate surface area is 123 Å². The molecule has 0 fully saturated rings. The fourth-order valence-electron chi connectivity index (χ4n) is 2.05. The quantitative estimate of drug-likeness (QED) is 0.481. The Kier molecular flexibility index (Phi) is 2.99. The number of hydrogen-bond acceptors (Lipinski definition) is 2. The molecule has 0 aliphatic heterocycles. The Morgan fingerprint density at radius 3 is 2.89 bits per heavy atom. The van der Waals surface area contributed by atoms with Crippen molar-refractivity contribution < 1.29 is 0 Å². The highest BCUT2D eigenvalue weighted by molar-refractivity contribution is 14.1. The van der Waals surface area contributed by atoms with Crippen molar-refractivity contribution >= 4 is 45.1 Å². The van der Waals surface area contributed by atoms with Crippen LogP contribution in [0.4, 0.5) is 0 Å². The maximum atomic E-state index is 5.85. The topological polar surface area (TPSA) is 30.7 Å². The van der Waals surface area contributed by atoms with Crippen LogP contribution in [-0.2, 0) is 7.05 Å². The Morgan fingerprint density at radius 2 is 2.11 bits per heavy atom. The standard InChI is InChI=1S/C13H9ClIN3/c1-18-7-10(11-4-5-16-13(14)17-11)9-3-2-8(15)6-12(9)18/h2-7H,1H3. The number of hydrogen-bond donors (Lipinski definition) is 0. The molecule has 1 aromatic carbocycles. The molecule has 0 saturated carbocycles. The van der Waals surface area contributed by atoms with Crippen molar-refractivity contribution in [1.29, 1.82) is 0 Å². The third-order valence-corrected chi connectivity index (χ3v) is 3.71. The van der Waals surface area contributed by atoms with Crippen LogP contribution in [0.3, 0.4) is 0 Å². The Morgan fingerprint density at radius 1 is 1.28 bits per heavy atom. The average Bonchev–Trinajstić information content (AvgIpc) is 2.67. The number of benzene rings is 1. The maximum Gasteiger partial charge on any atom is 0.222 e. The third kappa shape index (κ3) is 1.99. The van der Waals surface area contributed by atoms with E-state index in [-0.39, 0.29) is 5.28 Å². The Bertz CT molecular complexity index is 736. The smallest absolute Gasteiger partial charge is 0.222 e. The fraction of sp³-hybridized carbons (Fsp3) is 0.0769. The minimum Gasteiger partial charge on any atom is -0.350 e. The van der Waals surface area contributed by atoms with Gasteiger partial charge in [-0.15, -0.1) is 0 Å². The highest BCUT2D eigenvalue weighted by Crippen LogP contribution is 2.30. The summed E-state index contributed by atoms with van der Waals surface area (Å²) in [7, 11) is 2.03. The number of fused-ring (bicyclic) bond motifs is 1. The summed E-state index contributed by atoms with van der Waals surface area (Å²) >= 11 is 8.16. The molecule has 2 heterocycles. The van der Waals surface area contributed by atoms with Crippen LogP contribution >= 0.6 is 34.2 Å². The van der Waals surface area contributed by atoms with Gasteiger partial charge in [0.25, 0.3) is 0 Å². The molecule has 0 aliphatic carbocycles. The van der Waals surface area contributed by atoms with E-state index in [1.54, 1.807) is 6.20 Å². The molecule has 3 rings (SSSR count). The van der Waals surface area contributed by atoms with Gasteiger partial charge in [0.05, 0.1) is 5.69 Å². The number of aromatic nitrogens is 3. The van der Waals surface area contributed by atoms with Gasteiger partial charge in [0.15, 0.2) is 0 Å². The normalized spacial score (nSPS) is 11.1. The molecule has 0 aliphatic rings. The van der Waals surface area contributed by atoms with Crippen LogP contribution in [0.1, 0.15) is 0 Å². The molecular formula is C13H9ClIN3. The summed E-state index contributed by atoms with van der Waals surface area (Å²) in [5, 5.41) is 1.45. The first-order valence-corrected chi connectivity index (χ1v) is 6.84. The van der Waals surface area contributed by atoms with E-state index in [4.69, 9.17) is 11.6 Å². The maximum absolute atomic E-state index is 5.85. The second-order valence-electron chi connectivity index (χ2n) is 4.03. The van der Waals surface area contributed by atoms with Crippen LogP contribution in [0.2, 0.25) is 5.28 Å². The predicted octanol–water partition coefficient (Wildman–Crippen LogP) is 3.89. The average molecular weight is 370 g/mol. The SMILES string of the molecule is Cn1cc(-c2ccnc(Cl)n2)c2ccc(I)cc21. The zero-order valence-corrected chi connectivity index (χ0v) is 12.5. The first kappa shape index (κ1) is 11.9. The third-order valence-electron chi connectivity index (χ3n) is 2.85. The number of halogens is 2. The molecule has 0 amide bonds. The van der Waals surface area contributed by atoms with Gasteiger partial charge >= 0.3 is 0 Å². The minimum absolute atomic E-state index is 0.273. The Balaban J connectivity index is 2.30. The zero-order chi connectivity index (χ0) is 12.7. The van der Waals surface area contributed by atoms with E-state index < -0.39 is 0 Å². The second-order valence-corrected chi connectivity index (χ2v) is 5.61. The van der Waals surface area contributed by atoms with E-state index in [1.807, 2.05) is 13.1 Å². The van der Waals surface area contributed by atoms with E-state index in [1.165, 1.54) is 14.5 Å². The molecule has 0 bridgehead atoms. The zero-order valence-electron chi connectivity index (χ0n) is 9.56. The largest absolute Gasteiger partial charge is 0.350 e. The highest BCUT2D eigenvalue weighted by Gasteiger charge is 2.10. The monoisotopic (exact) mass is 369 g/mol. The van der Waals surface area contributed by atoms with Crippen LogP contribution in [-0.4, -0.2) is 14.5 Å². The molecule has 90 valence electrons. The van der Waals surface area contributed by atoms with Crippen LogP contribution < -0.4 is 0 Å². The van der Waals surface area contributed by atoms with Gasteiger partial charge in [0, 0.05) is 39.5 Å². The summed E-state index contributed by atoms with van der Waals surface area (Å²) in [5.41, 5.74) is 3.11. The molecular weight excluding hydrogens is 361 g/mol. The first-order chi connectivity index (χ1) is 8.65. The van der Waals surface area contributed by atoms with Crippen molar-refractivity contribution in [3.05, 3.63) is 45.5 Å². The molecule has 0 saturated heterocycles. The summed E-state index contributed by atoms with van der Waals surface area (Å²) < 4.78 is 3.32. The number of rotatable bonds is 1. The predicted molar refractivity (Wildman–Crippen MR) is 81.7 cm³/mol. The first-order valence-electron chi connectivity index (χ1n) is 5.38. The lowest BCUT2D eigenvalue weighted by Crippen LogP contribution is -1.85. The molecule has 18 heavy (non-hydrogen) atoms. The van der Waals surface area contributed by atoms with Gasteiger partial charge < -0.3 is 4.57 Å². The molecule has 0 radical (unpaired) electrons. The van der Waals surface area contributed by atoms with Gasteiger partial charge in [0.1, 0.15) is 0 Å². The molecule has 3 nitrogen and oxygen atoms in total. The molecule has 2 aromatic heterocycles. The molecule has 0 unspecified atom stereocenters. The lowest BCUT2D eigenvalue weighted by Gasteiger charge is -1.99. The van der Waals surface area contributed by atoms with Crippen LogP contribution in [0.25, 0.3) is 22.2 Å².